The Bertz CT molecular complexity index is 514. The molecule has 1 amide bonds. The van der Waals surface area contributed by atoms with Crippen molar-refractivity contribution in [2.75, 3.05) is 0 Å². The van der Waals surface area contributed by atoms with Gasteiger partial charge in [-0.3, -0.25) is 4.79 Å². The molecule has 3 rings (SSSR count). The molecule has 2 fully saturated rings. The van der Waals surface area contributed by atoms with Gasteiger partial charge in [0.15, 0.2) is 0 Å². The molecular weight excluding hydrogens is 254 g/mol. The molecule has 4 atom stereocenters. The zero-order chi connectivity index (χ0) is 14.1. The molecule has 4 nitrogen and oxygen atoms in total. The van der Waals surface area contributed by atoms with E-state index in [-0.39, 0.29) is 17.7 Å². The molecule has 2 bridgehead atoms. The monoisotopic (exact) mass is 272 g/mol. The molecule has 0 spiro atoms. The Balaban J connectivity index is 1.66. The fraction of sp³-hybridized carbons (Fsp3) is 0.500. The Labute approximate surface area is 118 Å². The molecule has 1 N–H and O–H groups in total. The minimum atomic E-state index is -1.06. The van der Waals surface area contributed by atoms with Crippen LogP contribution in [0, 0.1) is 23.7 Å². The highest BCUT2D eigenvalue weighted by atomic mass is 16.4. The largest absolute Gasteiger partial charge is 0.550 e. The van der Waals surface area contributed by atoms with E-state index in [4.69, 9.17) is 0 Å². The van der Waals surface area contributed by atoms with E-state index in [2.05, 4.69) is 5.32 Å². The molecule has 1 aromatic carbocycles. The summed E-state index contributed by atoms with van der Waals surface area (Å²) in [6.07, 6.45) is 2.76. The van der Waals surface area contributed by atoms with Crippen LogP contribution in [-0.4, -0.2) is 11.9 Å². The third-order valence-electron chi connectivity index (χ3n) is 4.80. The van der Waals surface area contributed by atoms with Crippen LogP contribution in [0.25, 0.3) is 0 Å². The molecule has 0 aliphatic heterocycles. The first-order valence-electron chi connectivity index (χ1n) is 7.19. The molecule has 0 saturated heterocycles. The maximum Gasteiger partial charge on any atom is 0.224 e. The summed E-state index contributed by atoms with van der Waals surface area (Å²) in [4.78, 5) is 23.6. The smallest absolute Gasteiger partial charge is 0.224 e. The molecule has 0 unspecified atom stereocenters. The number of carbonyl (C=O) groups excluding carboxylic acids is 2. The first-order valence-corrected chi connectivity index (χ1v) is 7.19. The number of carbonyl (C=O) groups is 2. The molecular formula is C16H18NO3-. The van der Waals surface area contributed by atoms with Gasteiger partial charge in [0.1, 0.15) is 0 Å². The number of rotatable bonds is 4. The van der Waals surface area contributed by atoms with E-state index < -0.39 is 17.8 Å². The van der Waals surface area contributed by atoms with Crippen LogP contribution in [0.4, 0.5) is 0 Å². The number of aliphatic carboxylic acids is 1. The number of benzene rings is 1. The van der Waals surface area contributed by atoms with Crippen LogP contribution < -0.4 is 10.4 Å². The zero-order valence-electron chi connectivity index (χ0n) is 11.2. The minimum absolute atomic E-state index is 0.129. The average Bonchev–Trinajstić information content (AvgIpc) is 3.06. The topological polar surface area (TPSA) is 69.2 Å². The number of amides is 1. The van der Waals surface area contributed by atoms with Gasteiger partial charge in [0, 0.05) is 24.3 Å². The Kier molecular flexibility index (Phi) is 3.47. The lowest BCUT2D eigenvalue weighted by atomic mass is 9.78. The maximum absolute atomic E-state index is 12.3. The highest BCUT2D eigenvalue weighted by Crippen LogP contribution is 2.52. The van der Waals surface area contributed by atoms with E-state index in [0.717, 1.165) is 24.8 Å². The average molecular weight is 272 g/mol. The first kappa shape index (κ1) is 13.2. The van der Waals surface area contributed by atoms with Crippen molar-refractivity contribution in [1.82, 2.24) is 5.32 Å². The summed E-state index contributed by atoms with van der Waals surface area (Å²) in [6, 6.07) is 9.65. The summed E-state index contributed by atoms with van der Waals surface area (Å²) in [7, 11) is 0. The quantitative estimate of drug-likeness (QED) is 0.878. The lowest BCUT2D eigenvalue weighted by Crippen LogP contribution is -2.45. The maximum atomic E-state index is 12.3. The van der Waals surface area contributed by atoms with E-state index in [1.165, 1.54) is 0 Å². The van der Waals surface area contributed by atoms with Crippen LogP contribution in [0.1, 0.15) is 24.8 Å². The molecule has 0 heterocycles. The number of hydrogen-bond donors (Lipinski definition) is 1. The Hall–Kier alpha value is -1.84. The van der Waals surface area contributed by atoms with E-state index >= 15 is 0 Å². The molecule has 2 saturated carbocycles. The highest BCUT2D eigenvalue weighted by molar-refractivity contribution is 5.85. The van der Waals surface area contributed by atoms with Crippen molar-refractivity contribution in [1.29, 1.82) is 0 Å². The van der Waals surface area contributed by atoms with Crippen molar-refractivity contribution in [3.05, 3.63) is 35.9 Å². The van der Waals surface area contributed by atoms with E-state index in [1.54, 1.807) is 0 Å². The van der Waals surface area contributed by atoms with Crippen molar-refractivity contribution in [3.63, 3.8) is 0 Å². The Morgan fingerprint density at radius 2 is 1.75 bits per heavy atom. The predicted molar refractivity (Wildman–Crippen MR) is 71.1 cm³/mol. The van der Waals surface area contributed by atoms with Gasteiger partial charge in [-0.2, -0.15) is 0 Å². The fourth-order valence-electron chi connectivity index (χ4n) is 3.91. The van der Waals surface area contributed by atoms with Crippen LogP contribution in [0.2, 0.25) is 0 Å². The van der Waals surface area contributed by atoms with Crippen molar-refractivity contribution < 1.29 is 14.7 Å². The predicted octanol–water partition coefficient (Wildman–Crippen LogP) is 0.715. The van der Waals surface area contributed by atoms with E-state index in [0.29, 0.717) is 6.54 Å². The van der Waals surface area contributed by atoms with Gasteiger partial charge < -0.3 is 15.2 Å². The van der Waals surface area contributed by atoms with Crippen LogP contribution >= 0.6 is 0 Å². The van der Waals surface area contributed by atoms with Gasteiger partial charge >= 0.3 is 0 Å². The van der Waals surface area contributed by atoms with Gasteiger partial charge in [-0.15, -0.1) is 0 Å². The van der Waals surface area contributed by atoms with Gasteiger partial charge in [0.2, 0.25) is 5.91 Å². The molecule has 2 aliphatic carbocycles. The molecule has 1 aromatic rings. The summed E-state index contributed by atoms with van der Waals surface area (Å²) in [5.74, 6) is -1.82. The van der Waals surface area contributed by atoms with Crippen LogP contribution in [0.5, 0.6) is 0 Å². The Morgan fingerprint density at radius 3 is 2.40 bits per heavy atom. The van der Waals surface area contributed by atoms with E-state index in [1.807, 2.05) is 30.3 Å². The second-order valence-electron chi connectivity index (χ2n) is 5.91. The highest BCUT2D eigenvalue weighted by Gasteiger charge is 2.51. The summed E-state index contributed by atoms with van der Waals surface area (Å²) in [5, 5.41) is 14.2. The van der Waals surface area contributed by atoms with Crippen LogP contribution in [-0.2, 0) is 16.1 Å². The standard InChI is InChI=1S/C16H19NO3/c18-15(17-9-10-4-2-1-3-5-10)13-11-6-7-12(8-11)14(13)16(19)20/h1-5,11-14H,6-9H2,(H,17,18)(H,19,20)/p-1/t11-,12-,13+,14+/m1/s1. The Morgan fingerprint density at radius 1 is 1.10 bits per heavy atom. The lowest BCUT2D eigenvalue weighted by Gasteiger charge is -2.30. The molecule has 0 aromatic heterocycles. The lowest BCUT2D eigenvalue weighted by molar-refractivity contribution is -0.314. The summed E-state index contributed by atoms with van der Waals surface area (Å²) < 4.78 is 0. The summed E-state index contributed by atoms with van der Waals surface area (Å²) >= 11 is 0. The molecule has 0 radical (unpaired) electrons. The molecule has 106 valence electrons. The SMILES string of the molecule is O=C([O-])[C@H]1[C@@H]2CC[C@H](C2)[C@@H]1C(=O)NCc1ccccc1. The summed E-state index contributed by atoms with van der Waals surface area (Å²) in [6.45, 7) is 0.452. The second-order valence-corrected chi connectivity index (χ2v) is 5.91. The molecule has 2 aliphatic rings. The number of carboxylic acid groups (broad SMARTS) is 1. The third kappa shape index (κ3) is 2.30. The van der Waals surface area contributed by atoms with Crippen molar-refractivity contribution in [3.8, 4) is 0 Å². The van der Waals surface area contributed by atoms with Crippen molar-refractivity contribution in [2.45, 2.75) is 25.8 Å². The third-order valence-corrected chi connectivity index (χ3v) is 4.80. The normalized spacial score (nSPS) is 31.2. The number of carboxylic acids is 1. The number of nitrogens with one attached hydrogen (secondary N) is 1. The zero-order valence-corrected chi connectivity index (χ0v) is 11.2. The first-order chi connectivity index (χ1) is 9.66. The minimum Gasteiger partial charge on any atom is -0.550 e. The van der Waals surface area contributed by atoms with Gasteiger partial charge in [-0.05, 0) is 36.7 Å². The van der Waals surface area contributed by atoms with Gasteiger partial charge in [-0.1, -0.05) is 30.3 Å². The molecule has 4 heteroatoms. The van der Waals surface area contributed by atoms with Gasteiger partial charge in [-0.25, -0.2) is 0 Å². The van der Waals surface area contributed by atoms with Gasteiger partial charge in [0.05, 0.1) is 0 Å². The van der Waals surface area contributed by atoms with Crippen molar-refractivity contribution in [2.24, 2.45) is 23.7 Å². The van der Waals surface area contributed by atoms with Crippen LogP contribution in [0.3, 0.4) is 0 Å². The number of hydrogen-bond acceptors (Lipinski definition) is 3. The van der Waals surface area contributed by atoms with E-state index in [9.17, 15) is 14.7 Å². The fourth-order valence-corrected chi connectivity index (χ4v) is 3.91. The van der Waals surface area contributed by atoms with Crippen molar-refractivity contribution >= 4 is 11.9 Å². The summed E-state index contributed by atoms with van der Waals surface area (Å²) in [5.41, 5.74) is 1.02. The second kappa shape index (κ2) is 5.27. The van der Waals surface area contributed by atoms with Gasteiger partial charge in [0.25, 0.3) is 0 Å². The number of fused-ring (bicyclic) bond motifs is 2. The van der Waals surface area contributed by atoms with Crippen LogP contribution in [0.15, 0.2) is 30.3 Å². The molecule has 20 heavy (non-hydrogen) atoms.